The molecule has 0 aliphatic carbocycles. The van der Waals surface area contributed by atoms with Crippen molar-refractivity contribution in [1.29, 1.82) is 0 Å². The van der Waals surface area contributed by atoms with Gasteiger partial charge in [0.25, 0.3) is 11.5 Å². The number of carbonyl (C=O) groups is 1. The number of aromatic nitrogens is 1. The Morgan fingerprint density at radius 3 is 2.58 bits per heavy atom. The van der Waals surface area contributed by atoms with Gasteiger partial charge in [-0.05, 0) is 32.4 Å². The number of thioether (sulfide) groups is 1. The zero-order chi connectivity index (χ0) is 22.1. The predicted octanol–water partition coefficient (Wildman–Crippen LogP) is 3.86. The number of rotatable bonds is 5. The highest BCUT2D eigenvalue weighted by Crippen LogP contribution is 2.37. The minimum absolute atomic E-state index is 0.0287. The summed E-state index contributed by atoms with van der Waals surface area (Å²) in [6, 6.07) is 8.00. The van der Waals surface area contributed by atoms with Crippen LogP contribution in [0.15, 0.2) is 34.0 Å². The largest absolute Gasteiger partial charge is 0.378 e. The number of hydrogen-bond acceptors (Lipinski definition) is 6. The van der Waals surface area contributed by atoms with Crippen molar-refractivity contribution in [2.24, 2.45) is 0 Å². The lowest BCUT2D eigenvalue weighted by molar-refractivity contribution is -0.123. The number of hydrogen-bond donors (Lipinski definition) is 0. The van der Waals surface area contributed by atoms with E-state index >= 15 is 0 Å². The molecular weight excluding hydrogens is 430 g/mol. The summed E-state index contributed by atoms with van der Waals surface area (Å²) in [5.41, 5.74) is 2.24. The normalized spacial score (nSPS) is 19.6. The summed E-state index contributed by atoms with van der Waals surface area (Å²) in [4.78, 5) is 31.1. The molecule has 0 radical (unpaired) electrons. The quantitative estimate of drug-likeness (QED) is 0.502. The Bertz CT molecular complexity index is 1120. The molecule has 6 nitrogen and oxygen atoms in total. The number of nitrogens with zero attached hydrogens (tertiary/aromatic N) is 3. The number of para-hydroxylation sites is 1. The number of amides is 1. The number of thiocarbonyl (C=S) groups is 1. The lowest BCUT2D eigenvalue weighted by Crippen LogP contribution is -2.38. The third-order valence-corrected chi connectivity index (χ3v) is 7.29. The van der Waals surface area contributed by atoms with Gasteiger partial charge < -0.3 is 14.2 Å². The molecule has 2 aliphatic heterocycles. The number of anilines is 1. The predicted molar refractivity (Wildman–Crippen MR) is 132 cm³/mol. The Kier molecular flexibility index (Phi) is 6.50. The van der Waals surface area contributed by atoms with Gasteiger partial charge in [0.2, 0.25) is 0 Å². The van der Waals surface area contributed by atoms with Gasteiger partial charge in [0.1, 0.15) is 4.32 Å². The molecule has 8 heteroatoms. The molecule has 0 spiro atoms. The van der Waals surface area contributed by atoms with Crippen molar-refractivity contribution in [2.45, 2.75) is 39.8 Å². The Morgan fingerprint density at radius 1 is 1.19 bits per heavy atom. The van der Waals surface area contributed by atoms with Gasteiger partial charge >= 0.3 is 0 Å². The molecule has 4 rings (SSSR count). The van der Waals surface area contributed by atoms with Crippen molar-refractivity contribution in [1.82, 2.24) is 9.47 Å². The van der Waals surface area contributed by atoms with E-state index in [4.69, 9.17) is 17.0 Å². The summed E-state index contributed by atoms with van der Waals surface area (Å²) in [7, 11) is 0. The van der Waals surface area contributed by atoms with E-state index in [0.29, 0.717) is 47.6 Å². The van der Waals surface area contributed by atoms with Crippen molar-refractivity contribution in [3.8, 4) is 0 Å². The average molecular weight is 458 g/mol. The van der Waals surface area contributed by atoms with Crippen molar-refractivity contribution >= 4 is 56.9 Å². The van der Waals surface area contributed by atoms with Gasteiger partial charge in [0, 0.05) is 31.1 Å². The maximum atomic E-state index is 13.6. The van der Waals surface area contributed by atoms with E-state index in [1.54, 1.807) is 15.5 Å². The van der Waals surface area contributed by atoms with Gasteiger partial charge in [-0.3, -0.25) is 14.5 Å². The summed E-state index contributed by atoms with van der Waals surface area (Å²) in [6.45, 7) is 9.18. The number of pyridine rings is 1. The first-order valence-electron chi connectivity index (χ1n) is 10.7. The Hall–Kier alpha value is -2.16. The second-order valence-corrected chi connectivity index (χ2v) is 9.41. The zero-order valence-electron chi connectivity index (χ0n) is 18.1. The topological polar surface area (TPSA) is 54.8 Å². The summed E-state index contributed by atoms with van der Waals surface area (Å²) in [5, 5.41) is 1.01. The fourth-order valence-electron chi connectivity index (χ4n) is 4.16. The highest BCUT2D eigenvalue weighted by molar-refractivity contribution is 8.26. The molecule has 2 fully saturated rings. The first kappa shape index (κ1) is 22.0. The average Bonchev–Trinajstić information content (AvgIpc) is 3.07. The summed E-state index contributed by atoms with van der Waals surface area (Å²) in [5.74, 6) is -0.118. The molecule has 2 aliphatic rings. The summed E-state index contributed by atoms with van der Waals surface area (Å²) >= 11 is 6.77. The second-order valence-electron chi connectivity index (χ2n) is 7.74. The molecule has 1 unspecified atom stereocenters. The van der Waals surface area contributed by atoms with Crippen molar-refractivity contribution in [2.75, 3.05) is 31.2 Å². The molecule has 1 aromatic heterocycles. The van der Waals surface area contributed by atoms with Crippen LogP contribution in [0.25, 0.3) is 17.0 Å². The summed E-state index contributed by atoms with van der Waals surface area (Å²) in [6.07, 6.45) is 2.57. The van der Waals surface area contributed by atoms with Gasteiger partial charge in [-0.15, -0.1) is 0 Å². The third-order valence-electron chi connectivity index (χ3n) is 5.95. The fourth-order valence-corrected chi connectivity index (χ4v) is 5.60. The highest BCUT2D eigenvalue weighted by atomic mass is 32.2. The number of morpholine rings is 1. The van der Waals surface area contributed by atoms with Crippen LogP contribution in [-0.4, -0.2) is 52.0 Å². The van der Waals surface area contributed by atoms with Crippen LogP contribution in [0.2, 0.25) is 0 Å². The lowest BCUT2D eigenvalue weighted by atomic mass is 10.1. The Labute approximate surface area is 191 Å². The Morgan fingerprint density at radius 2 is 1.90 bits per heavy atom. The SMILES string of the molecule is CCC(C)N1C(=O)C(=Cc2c(N3CCOCC3)c3ccccc3n(CC)c2=O)SC1=S. The third kappa shape index (κ3) is 3.92. The molecule has 1 aromatic carbocycles. The van der Waals surface area contributed by atoms with Gasteiger partial charge in [0.05, 0.1) is 34.9 Å². The van der Waals surface area contributed by atoms with E-state index in [1.807, 2.05) is 45.0 Å². The number of aryl methyl sites for hydroxylation is 1. The minimum atomic E-state index is -0.118. The van der Waals surface area contributed by atoms with Gasteiger partial charge in [-0.1, -0.05) is 49.1 Å². The smallest absolute Gasteiger partial charge is 0.266 e. The molecular formula is C23H27N3O3S2. The zero-order valence-corrected chi connectivity index (χ0v) is 19.7. The number of benzene rings is 1. The van der Waals surface area contributed by atoms with E-state index in [0.717, 1.165) is 23.0 Å². The maximum Gasteiger partial charge on any atom is 0.266 e. The Balaban J connectivity index is 1.94. The number of ether oxygens (including phenoxy) is 1. The van der Waals surface area contributed by atoms with Crippen LogP contribution in [0, 0.1) is 0 Å². The van der Waals surface area contributed by atoms with Crippen molar-refractivity contribution < 1.29 is 9.53 Å². The molecule has 1 atom stereocenters. The van der Waals surface area contributed by atoms with Gasteiger partial charge in [-0.25, -0.2) is 0 Å². The van der Waals surface area contributed by atoms with Crippen LogP contribution in [0.5, 0.6) is 0 Å². The molecule has 1 amide bonds. The molecule has 0 saturated carbocycles. The molecule has 2 aromatic rings. The monoisotopic (exact) mass is 457 g/mol. The van der Waals surface area contributed by atoms with Crippen LogP contribution in [0.1, 0.15) is 32.8 Å². The van der Waals surface area contributed by atoms with Crippen LogP contribution in [-0.2, 0) is 16.1 Å². The van der Waals surface area contributed by atoms with Gasteiger partial charge in [0.15, 0.2) is 0 Å². The highest BCUT2D eigenvalue weighted by Gasteiger charge is 2.35. The minimum Gasteiger partial charge on any atom is -0.378 e. The molecule has 31 heavy (non-hydrogen) atoms. The first-order valence-corrected chi connectivity index (χ1v) is 12.0. The molecule has 2 saturated heterocycles. The molecule has 0 N–H and O–H groups in total. The first-order chi connectivity index (χ1) is 15.0. The van der Waals surface area contributed by atoms with E-state index in [-0.39, 0.29) is 17.5 Å². The molecule has 0 bridgehead atoms. The number of fused-ring (bicyclic) bond motifs is 1. The van der Waals surface area contributed by atoms with E-state index in [2.05, 4.69) is 4.90 Å². The van der Waals surface area contributed by atoms with Crippen molar-refractivity contribution in [3.05, 3.63) is 45.1 Å². The van der Waals surface area contributed by atoms with Gasteiger partial charge in [-0.2, -0.15) is 0 Å². The maximum absolute atomic E-state index is 13.6. The second kappa shape index (κ2) is 9.14. The molecule has 3 heterocycles. The molecule has 164 valence electrons. The van der Waals surface area contributed by atoms with Crippen molar-refractivity contribution in [3.63, 3.8) is 0 Å². The standard InChI is InChI=1S/C23H27N3O3S2/c1-4-15(3)26-22(28)19(31-23(26)30)14-17-20(24-10-12-29-13-11-24)16-8-6-7-9-18(16)25(5-2)21(17)27/h6-9,14-15H,4-5,10-13H2,1-3H3. The van der Waals surface area contributed by atoms with E-state index in [9.17, 15) is 9.59 Å². The summed E-state index contributed by atoms with van der Waals surface area (Å²) < 4.78 is 7.87. The van der Waals surface area contributed by atoms with Crippen LogP contribution in [0.4, 0.5) is 5.69 Å². The van der Waals surface area contributed by atoms with Crippen LogP contribution >= 0.6 is 24.0 Å². The lowest BCUT2D eigenvalue weighted by Gasteiger charge is -2.31. The van der Waals surface area contributed by atoms with E-state index < -0.39 is 0 Å². The van der Waals surface area contributed by atoms with Crippen LogP contribution < -0.4 is 10.5 Å². The van der Waals surface area contributed by atoms with E-state index in [1.165, 1.54) is 11.8 Å². The number of carbonyl (C=O) groups excluding carboxylic acids is 1. The van der Waals surface area contributed by atoms with Crippen LogP contribution in [0.3, 0.4) is 0 Å². The fraction of sp³-hybridized carbons (Fsp3) is 0.435.